The molecule has 0 spiro atoms. The van der Waals surface area contributed by atoms with Gasteiger partial charge in [0.15, 0.2) is 6.39 Å². The first-order chi connectivity index (χ1) is 9.69. The molecule has 1 aliphatic carbocycles. The van der Waals surface area contributed by atoms with Crippen LogP contribution in [0.1, 0.15) is 30.3 Å². The summed E-state index contributed by atoms with van der Waals surface area (Å²) in [6, 6.07) is 1.44. The Labute approximate surface area is 113 Å². The number of aromatic amines is 1. The lowest BCUT2D eigenvalue weighted by atomic mass is 9.93. The van der Waals surface area contributed by atoms with Crippen LogP contribution in [0.5, 0.6) is 0 Å². The number of likely N-dealkylation sites (tertiary alicyclic amines) is 1. The summed E-state index contributed by atoms with van der Waals surface area (Å²) in [5.74, 6) is 1.45. The first-order valence-electron chi connectivity index (χ1n) is 6.56. The Morgan fingerprint density at radius 2 is 2.25 bits per heavy atom. The van der Waals surface area contributed by atoms with E-state index in [9.17, 15) is 9.59 Å². The number of hydrogen-bond donors (Lipinski definition) is 1. The Balaban J connectivity index is 1.46. The minimum Gasteiger partial charge on any atom is -0.447 e. The fraction of sp³-hybridized carbons (Fsp3) is 0.462. The summed E-state index contributed by atoms with van der Waals surface area (Å²) >= 11 is 0. The molecule has 0 aromatic carbocycles. The number of oxazole rings is 1. The molecule has 2 aromatic rings. The smallest absolute Gasteiger partial charge is 0.280 e. The van der Waals surface area contributed by atoms with E-state index in [1.165, 1.54) is 12.5 Å². The molecule has 1 N–H and O–H groups in total. The summed E-state index contributed by atoms with van der Waals surface area (Å²) in [6.07, 6.45) is 4.59. The van der Waals surface area contributed by atoms with Gasteiger partial charge in [-0.25, -0.2) is 4.98 Å². The van der Waals surface area contributed by atoms with Crippen LogP contribution in [0.3, 0.4) is 0 Å². The van der Waals surface area contributed by atoms with Gasteiger partial charge in [-0.2, -0.15) is 5.16 Å². The van der Waals surface area contributed by atoms with E-state index in [0.717, 1.165) is 12.8 Å². The summed E-state index contributed by atoms with van der Waals surface area (Å²) < 4.78 is 10.4. The first kappa shape index (κ1) is 11.5. The third-order valence-corrected chi connectivity index (χ3v) is 4.18. The summed E-state index contributed by atoms with van der Waals surface area (Å²) in [6.45, 7) is 1.16. The molecule has 104 valence electrons. The average Bonchev–Trinajstić information content (AvgIpc) is 2.82. The lowest BCUT2D eigenvalue weighted by Gasteiger charge is -2.39. The third-order valence-electron chi connectivity index (χ3n) is 4.18. The van der Waals surface area contributed by atoms with Gasteiger partial charge in [-0.15, -0.1) is 0 Å². The van der Waals surface area contributed by atoms with Crippen molar-refractivity contribution in [3.63, 3.8) is 0 Å². The van der Waals surface area contributed by atoms with Crippen molar-refractivity contribution in [3.05, 3.63) is 40.5 Å². The van der Waals surface area contributed by atoms with Gasteiger partial charge >= 0.3 is 0 Å². The van der Waals surface area contributed by atoms with E-state index in [4.69, 9.17) is 8.94 Å². The highest BCUT2D eigenvalue weighted by atomic mass is 16.5. The second-order valence-corrected chi connectivity index (χ2v) is 5.47. The minimum atomic E-state index is -0.500. The van der Waals surface area contributed by atoms with Gasteiger partial charge in [0, 0.05) is 19.2 Å². The fourth-order valence-corrected chi connectivity index (χ4v) is 2.77. The van der Waals surface area contributed by atoms with E-state index in [1.54, 1.807) is 11.1 Å². The number of aromatic nitrogens is 2. The second-order valence-electron chi connectivity index (χ2n) is 5.47. The molecule has 1 aliphatic heterocycles. The maximum absolute atomic E-state index is 12.5. The molecule has 1 saturated heterocycles. The van der Waals surface area contributed by atoms with Crippen LogP contribution < -0.4 is 5.56 Å². The maximum Gasteiger partial charge on any atom is 0.280 e. The summed E-state index contributed by atoms with van der Waals surface area (Å²) in [4.78, 5) is 29.2. The zero-order chi connectivity index (χ0) is 13.7. The number of hydrogen-bond acceptors (Lipinski definition) is 5. The number of H-pyrrole nitrogens is 1. The molecule has 2 fully saturated rings. The van der Waals surface area contributed by atoms with Crippen LogP contribution in [0.2, 0.25) is 0 Å². The monoisotopic (exact) mass is 275 g/mol. The van der Waals surface area contributed by atoms with E-state index in [0.29, 0.717) is 24.6 Å². The van der Waals surface area contributed by atoms with Crippen LogP contribution >= 0.6 is 0 Å². The van der Waals surface area contributed by atoms with Gasteiger partial charge in [0.1, 0.15) is 16.9 Å². The van der Waals surface area contributed by atoms with E-state index in [2.05, 4.69) is 10.1 Å². The molecule has 3 heterocycles. The number of carbonyl (C=O) groups is 1. The third kappa shape index (κ3) is 1.55. The Kier molecular flexibility index (Phi) is 2.21. The Morgan fingerprint density at radius 1 is 1.45 bits per heavy atom. The summed E-state index contributed by atoms with van der Waals surface area (Å²) in [5, 5.41) is 2.27. The maximum atomic E-state index is 12.5. The van der Waals surface area contributed by atoms with Gasteiger partial charge in [0.25, 0.3) is 5.56 Å². The first-order valence-corrected chi connectivity index (χ1v) is 6.56. The molecule has 7 nitrogen and oxygen atoms in total. The van der Waals surface area contributed by atoms with Crippen molar-refractivity contribution in [3.8, 4) is 0 Å². The Morgan fingerprint density at radius 3 is 2.80 bits per heavy atom. The van der Waals surface area contributed by atoms with E-state index >= 15 is 0 Å². The van der Waals surface area contributed by atoms with Gasteiger partial charge in [0.2, 0.25) is 5.91 Å². The number of carbonyl (C=O) groups excluding carboxylic acids is 1. The number of amides is 1. The van der Waals surface area contributed by atoms with Gasteiger partial charge < -0.3 is 13.8 Å². The molecular formula is C13H13N3O4. The molecule has 0 unspecified atom stereocenters. The number of nitrogens with zero attached hydrogens (tertiary/aromatic N) is 2. The predicted octanol–water partition coefficient (Wildman–Crippen LogP) is 0.613. The summed E-state index contributed by atoms with van der Waals surface area (Å²) in [5.41, 5.74) is -0.745. The molecule has 7 heteroatoms. The molecule has 2 aromatic heterocycles. The van der Waals surface area contributed by atoms with Crippen LogP contribution in [0, 0.1) is 0 Å². The van der Waals surface area contributed by atoms with Crippen molar-refractivity contribution >= 4 is 5.91 Å². The van der Waals surface area contributed by atoms with Crippen molar-refractivity contribution in [2.24, 2.45) is 0 Å². The zero-order valence-electron chi connectivity index (χ0n) is 10.7. The molecule has 20 heavy (non-hydrogen) atoms. The van der Waals surface area contributed by atoms with E-state index in [-0.39, 0.29) is 17.4 Å². The van der Waals surface area contributed by atoms with Crippen LogP contribution in [0.4, 0.5) is 0 Å². The van der Waals surface area contributed by atoms with E-state index in [1.807, 2.05) is 0 Å². The SMILES string of the molecule is O=C(N1CC(c2cc(=O)[nH]o2)C1)C1(c2cnco2)CC1. The van der Waals surface area contributed by atoms with Crippen LogP contribution in [-0.2, 0) is 10.2 Å². The lowest BCUT2D eigenvalue weighted by Crippen LogP contribution is -2.52. The molecular weight excluding hydrogens is 262 g/mol. The van der Waals surface area contributed by atoms with E-state index < -0.39 is 5.41 Å². The van der Waals surface area contributed by atoms with Crippen molar-refractivity contribution in [2.75, 3.05) is 13.1 Å². The topological polar surface area (TPSA) is 92.3 Å². The van der Waals surface area contributed by atoms with Gasteiger partial charge in [-0.1, -0.05) is 0 Å². The molecule has 4 rings (SSSR count). The standard InChI is InChI=1S/C13H13N3O4/c17-11-3-9(20-15-11)8-5-16(6-8)12(18)13(1-2-13)10-4-14-7-19-10/h3-4,7-8H,1-2,5-6H2,(H,15,17). The lowest BCUT2D eigenvalue weighted by molar-refractivity contribution is -0.139. The zero-order valence-corrected chi connectivity index (χ0v) is 10.7. The van der Waals surface area contributed by atoms with Crippen molar-refractivity contribution < 1.29 is 13.7 Å². The molecule has 2 aliphatic rings. The fourth-order valence-electron chi connectivity index (χ4n) is 2.77. The average molecular weight is 275 g/mol. The largest absolute Gasteiger partial charge is 0.447 e. The number of nitrogens with one attached hydrogen (secondary N) is 1. The Bertz CT molecular complexity index is 689. The molecule has 1 saturated carbocycles. The van der Waals surface area contributed by atoms with Crippen LogP contribution in [0.25, 0.3) is 0 Å². The van der Waals surface area contributed by atoms with Gasteiger partial charge in [-0.05, 0) is 12.8 Å². The van der Waals surface area contributed by atoms with Crippen molar-refractivity contribution in [1.29, 1.82) is 0 Å². The summed E-state index contributed by atoms with van der Waals surface area (Å²) in [7, 11) is 0. The second kappa shape index (κ2) is 3.84. The Hall–Kier alpha value is -2.31. The quantitative estimate of drug-likeness (QED) is 0.886. The van der Waals surface area contributed by atoms with Gasteiger partial charge in [-0.3, -0.25) is 9.59 Å². The molecule has 0 radical (unpaired) electrons. The highest BCUT2D eigenvalue weighted by Gasteiger charge is 2.57. The highest BCUT2D eigenvalue weighted by molar-refractivity contribution is 5.91. The molecule has 1 amide bonds. The molecule has 0 atom stereocenters. The number of rotatable bonds is 3. The molecule has 0 bridgehead atoms. The van der Waals surface area contributed by atoms with Crippen molar-refractivity contribution in [1.82, 2.24) is 15.0 Å². The van der Waals surface area contributed by atoms with Crippen LogP contribution in [0.15, 0.2) is 32.4 Å². The predicted molar refractivity (Wildman–Crippen MR) is 66.1 cm³/mol. The minimum absolute atomic E-state index is 0.0865. The van der Waals surface area contributed by atoms with Gasteiger partial charge in [0.05, 0.1) is 12.1 Å². The normalized spacial score (nSPS) is 20.7. The highest BCUT2D eigenvalue weighted by Crippen LogP contribution is 2.50. The van der Waals surface area contributed by atoms with Crippen molar-refractivity contribution in [2.45, 2.75) is 24.2 Å². The van der Waals surface area contributed by atoms with Crippen LogP contribution in [-0.4, -0.2) is 34.0 Å².